The Kier molecular flexibility index (Phi) is 3.49. The first-order chi connectivity index (χ1) is 9.37. The minimum absolute atomic E-state index is 0.605. The molecule has 2 rings (SSSR count). The van der Waals surface area contributed by atoms with Crippen molar-refractivity contribution in [2.45, 2.75) is 13.8 Å². The average molecular weight is 272 g/mol. The second-order valence-corrected chi connectivity index (χ2v) is 5.09. The highest BCUT2D eigenvalue weighted by Crippen LogP contribution is 2.39. The third-order valence-corrected chi connectivity index (χ3v) is 3.76. The van der Waals surface area contributed by atoms with Crippen molar-refractivity contribution in [3.8, 4) is 0 Å². The number of hydrogen-bond donors (Lipinski definition) is 2. The molecule has 1 atom stereocenters. The molecule has 0 bridgehead atoms. The van der Waals surface area contributed by atoms with Crippen molar-refractivity contribution in [1.82, 2.24) is 0 Å². The van der Waals surface area contributed by atoms with E-state index < -0.39 is 23.3 Å². The third-order valence-electron chi connectivity index (χ3n) is 3.76. The van der Waals surface area contributed by atoms with Gasteiger partial charge in [-0.3, -0.25) is 9.59 Å². The van der Waals surface area contributed by atoms with Gasteiger partial charge in [0.05, 0.1) is 0 Å². The van der Waals surface area contributed by atoms with Gasteiger partial charge in [-0.15, -0.1) is 0 Å². The summed E-state index contributed by atoms with van der Waals surface area (Å²) in [5.74, 6) is -3.29. The van der Waals surface area contributed by atoms with Crippen molar-refractivity contribution in [2.24, 2.45) is 11.3 Å². The Morgan fingerprint density at radius 3 is 2.15 bits per heavy atom. The van der Waals surface area contributed by atoms with Crippen LogP contribution in [0.4, 0.5) is 0 Å². The van der Waals surface area contributed by atoms with E-state index >= 15 is 0 Å². The Bertz CT molecular complexity index is 594. The first kappa shape index (κ1) is 14.1. The molecule has 0 aromatic heterocycles. The average Bonchev–Trinajstić information content (AvgIpc) is 2.39. The molecule has 20 heavy (non-hydrogen) atoms. The maximum atomic E-state index is 11.5. The number of aliphatic carboxylic acids is 2. The minimum atomic E-state index is -1.91. The molecule has 0 saturated heterocycles. The molecule has 1 aliphatic rings. The normalized spacial score (nSPS) is 20.3. The third kappa shape index (κ3) is 2.13. The van der Waals surface area contributed by atoms with Gasteiger partial charge in [0.15, 0.2) is 5.41 Å². The lowest BCUT2D eigenvalue weighted by atomic mass is 9.71. The molecule has 1 aromatic rings. The highest BCUT2D eigenvalue weighted by molar-refractivity contribution is 6.04. The summed E-state index contributed by atoms with van der Waals surface area (Å²) in [4.78, 5) is 23.0. The van der Waals surface area contributed by atoms with Gasteiger partial charge in [-0.05, 0) is 24.1 Å². The number of allylic oxidation sites excluding steroid dienone is 3. The molecule has 0 aliphatic heterocycles. The number of benzene rings is 1. The predicted octanol–water partition coefficient (Wildman–Crippen LogP) is 2.74. The number of carboxylic acid groups (broad SMARTS) is 2. The first-order valence-corrected chi connectivity index (χ1v) is 6.33. The van der Waals surface area contributed by atoms with Crippen LogP contribution in [0.1, 0.15) is 18.1 Å². The van der Waals surface area contributed by atoms with E-state index in [1.165, 1.54) is 6.08 Å². The summed E-state index contributed by atoms with van der Waals surface area (Å²) in [7, 11) is 0. The van der Waals surface area contributed by atoms with Gasteiger partial charge in [0.1, 0.15) is 0 Å². The molecule has 2 N–H and O–H groups in total. The van der Waals surface area contributed by atoms with Crippen LogP contribution in [0.5, 0.6) is 0 Å². The van der Waals surface area contributed by atoms with Gasteiger partial charge in [-0.25, -0.2) is 0 Å². The Balaban J connectivity index is 2.55. The van der Waals surface area contributed by atoms with Crippen molar-refractivity contribution in [3.05, 3.63) is 53.6 Å². The summed E-state index contributed by atoms with van der Waals surface area (Å²) >= 11 is 0. The van der Waals surface area contributed by atoms with E-state index in [-0.39, 0.29) is 0 Å². The van der Waals surface area contributed by atoms with Crippen molar-refractivity contribution in [3.63, 3.8) is 0 Å². The van der Waals surface area contributed by atoms with Gasteiger partial charge in [0, 0.05) is 5.92 Å². The Morgan fingerprint density at radius 2 is 1.65 bits per heavy atom. The molecule has 0 saturated carbocycles. The predicted molar refractivity (Wildman–Crippen MR) is 75.2 cm³/mol. The summed E-state index contributed by atoms with van der Waals surface area (Å²) in [6, 6.07) is 7.53. The van der Waals surface area contributed by atoms with Gasteiger partial charge in [-0.2, -0.15) is 0 Å². The largest absolute Gasteiger partial charge is 0.480 e. The van der Waals surface area contributed by atoms with E-state index in [1.54, 1.807) is 19.1 Å². The van der Waals surface area contributed by atoms with Crippen LogP contribution in [0.15, 0.2) is 42.5 Å². The van der Waals surface area contributed by atoms with Crippen molar-refractivity contribution < 1.29 is 19.8 Å². The van der Waals surface area contributed by atoms with Crippen molar-refractivity contribution in [1.29, 1.82) is 0 Å². The summed E-state index contributed by atoms with van der Waals surface area (Å²) < 4.78 is 0. The van der Waals surface area contributed by atoms with Crippen molar-refractivity contribution in [2.75, 3.05) is 0 Å². The molecule has 4 nitrogen and oxygen atoms in total. The number of aryl methyl sites for hydroxylation is 1. The van der Waals surface area contributed by atoms with E-state index in [0.717, 1.165) is 11.1 Å². The molecule has 0 heterocycles. The Labute approximate surface area is 117 Å². The minimum Gasteiger partial charge on any atom is -0.480 e. The SMILES string of the molecule is Cc1ccc(C2=CC(C(=O)O)(C(=O)O)C(C)C=C2)cc1. The van der Waals surface area contributed by atoms with Crippen LogP contribution in [0.2, 0.25) is 0 Å². The van der Waals surface area contributed by atoms with Gasteiger partial charge >= 0.3 is 11.9 Å². The van der Waals surface area contributed by atoms with Gasteiger partial charge in [-0.1, -0.05) is 48.9 Å². The van der Waals surface area contributed by atoms with Crippen LogP contribution in [-0.4, -0.2) is 22.2 Å². The summed E-state index contributed by atoms with van der Waals surface area (Å²) in [5, 5.41) is 18.8. The fraction of sp³-hybridized carbons (Fsp3) is 0.250. The van der Waals surface area contributed by atoms with Gasteiger partial charge < -0.3 is 10.2 Å². The highest BCUT2D eigenvalue weighted by atomic mass is 16.4. The highest BCUT2D eigenvalue weighted by Gasteiger charge is 2.50. The molecule has 1 unspecified atom stereocenters. The lowest BCUT2D eigenvalue weighted by Gasteiger charge is -2.30. The zero-order valence-electron chi connectivity index (χ0n) is 11.3. The zero-order valence-corrected chi connectivity index (χ0v) is 11.3. The molecule has 0 spiro atoms. The van der Waals surface area contributed by atoms with Crippen LogP contribution in [0, 0.1) is 18.3 Å². The van der Waals surface area contributed by atoms with Crippen LogP contribution in [0.25, 0.3) is 5.57 Å². The molecule has 104 valence electrons. The number of carbonyl (C=O) groups is 2. The fourth-order valence-corrected chi connectivity index (χ4v) is 2.35. The number of carboxylic acids is 2. The molecular formula is C16H16O4. The standard InChI is InChI=1S/C16H16O4/c1-10-3-6-12(7-4-10)13-8-5-11(2)16(9-13,14(17)18)15(19)20/h3-9,11H,1-2H3,(H,17,18)(H,19,20). The lowest BCUT2D eigenvalue weighted by molar-refractivity contribution is -0.163. The van der Waals surface area contributed by atoms with Crippen LogP contribution in [0.3, 0.4) is 0 Å². The molecule has 4 heteroatoms. The Hall–Kier alpha value is -2.36. The van der Waals surface area contributed by atoms with E-state index in [0.29, 0.717) is 5.57 Å². The molecule has 0 radical (unpaired) electrons. The molecule has 0 fully saturated rings. The topological polar surface area (TPSA) is 74.6 Å². The number of rotatable bonds is 3. The Morgan fingerprint density at radius 1 is 1.10 bits per heavy atom. The molecule has 1 aliphatic carbocycles. The van der Waals surface area contributed by atoms with Crippen LogP contribution < -0.4 is 0 Å². The van der Waals surface area contributed by atoms with E-state index in [9.17, 15) is 19.8 Å². The van der Waals surface area contributed by atoms with Crippen LogP contribution in [-0.2, 0) is 9.59 Å². The summed E-state index contributed by atoms with van der Waals surface area (Å²) in [6.45, 7) is 3.55. The van der Waals surface area contributed by atoms with E-state index in [2.05, 4.69) is 0 Å². The van der Waals surface area contributed by atoms with Gasteiger partial charge in [0.25, 0.3) is 0 Å². The fourth-order valence-electron chi connectivity index (χ4n) is 2.35. The molecular weight excluding hydrogens is 256 g/mol. The smallest absolute Gasteiger partial charge is 0.325 e. The summed E-state index contributed by atoms with van der Waals surface area (Å²) in [5.41, 5.74) is 0.610. The van der Waals surface area contributed by atoms with E-state index in [1.807, 2.05) is 31.2 Å². The van der Waals surface area contributed by atoms with Gasteiger partial charge in [0.2, 0.25) is 0 Å². The quantitative estimate of drug-likeness (QED) is 0.830. The lowest BCUT2D eigenvalue weighted by Crippen LogP contribution is -2.43. The molecule has 0 amide bonds. The van der Waals surface area contributed by atoms with Crippen molar-refractivity contribution >= 4 is 17.5 Å². The second-order valence-electron chi connectivity index (χ2n) is 5.09. The summed E-state index contributed by atoms with van der Waals surface area (Å²) in [6.07, 6.45) is 4.75. The monoisotopic (exact) mass is 272 g/mol. The maximum Gasteiger partial charge on any atom is 0.325 e. The second kappa shape index (κ2) is 4.96. The zero-order chi connectivity index (χ0) is 14.9. The first-order valence-electron chi connectivity index (χ1n) is 6.33. The number of hydrogen-bond acceptors (Lipinski definition) is 2. The van der Waals surface area contributed by atoms with E-state index in [4.69, 9.17) is 0 Å². The maximum absolute atomic E-state index is 11.5. The molecule has 1 aromatic carbocycles. The van der Waals surface area contributed by atoms with Crippen LogP contribution >= 0.6 is 0 Å².